The highest BCUT2D eigenvalue weighted by Gasteiger charge is 2.14. The first-order valence-corrected chi connectivity index (χ1v) is 6.87. The topological polar surface area (TPSA) is 109 Å². The van der Waals surface area contributed by atoms with Crippen molar-refractivity contribution in [1.29, 1.82) is 10.5 Å². The van der Waals surface area contributed by atoms with Gasteiger partial charge in [0.05, 0.1) is 17.3 Å². The fourth-order valence-electron chi connectivity index (χ4n) is 1.72. The third kappa shape index (κ3) is 3.17. The second-order valence-corrected chi connectivity index (χ2v) is 5.03. The van der Waals surface area contributed by atoms with Crippen LogP contribution in [-0.4, -0.2) is 11.1 Å². The van der Waals surface area contributed by atoms with Gasteiger partial charge in [0.2, 0.25) is 5.96 Å². The molecule has 0 aliphatic rings. The molecule has 6 nitrogen and oxygen atoms in total. The molecule has 7 heteroatoms. The van der Waals surface area contributed by atoms with Gasteiger partial charge >= 0.3 is 0 Å². The second kappa shape index (κ2) is 6.61. The van der Waals surface area contributed by atoms with E-state index in [0.29, 0.717) is 15.7 Å². The van der Waals surface area contributed by atoms with E-state index >= 15 is 0 Å². The first kappa shape index (κ1) is 15.4. The van der Waals surface area contributed by atoms with Gasteiger partial charge in [-0.25, -0.2) is 9.89 Å². The number of phenolic OH excluding ortho intramolecular Hbond substituents is 1. The van der Waals surface area contributed by atoms with Crippen LogP contribution in [0.5, 0.6) is 5.75 Å². The van der Waals surface area contributed by atoms with Gasteiger partial charge in [0.1, 0.15) is 11.4 Å². The Morgan fingerprint density at radius 2 is 1.95 bits per heavy atom. The number of anilines is 1. The van der Waals surface area contributed by atoms with Crippen molar-refractivity contribution in [3.63, 3.8) is 0 Å². The average Bonchev–Trinajstić information content (AvgIpc) is 2.52. The van der Waals surface area contributed by atoms with Crippen molar-refractivity contribution in [3.8, 4) is 18.0 Å². The molecule has 0 fully saturated rings. The lowest BCUT2D eigenvalue weighted by molar-refractivity contribution is 0.476. The molecule has 0 unspecified atom stereocenters. The number of phenols is 1. The maximum atomic E-state index is 9.83. The molecule has 3 N–H and O–H groups in total. The van der Waals surface area contributed by atoms with Crippen LogP contribution in [0, 0.1) is 22.8 Å². The number of halogens is 1. The summed E-state index contributed by atoms with van der Waals surface area (Å²) in [6.07, 6.45) is 1.93. The van der Waals surface area contributed by atoms with Gasteiger partial charge in [-0.05, 0) is 46.3 Å². The van der Waals surface area contributed by atoms with E-state index in [4.69, 9.17) is 11.0 Å². The Morgan fingerprint density at radius 1 is 1.23 bits per heavy atom. The molecule has 2 rings (SSSR count). The molecule has 0 heterocycles. The van der Waals surface area contributed by atoms with E-state index in [0.717, 1.165) is 4.90 Å². The van der Waals surface area contributed by atoms with Crippen LogP contribution >= 0.6 is 15.9 Å². The highest BCUT2D eigenvalue weighted by molar-refractivity contribution is 9.10. The maximum Gasteiger partial charge on any atom is 0.214 e. The third-order valence-electron chi connectivity index (χ3n) is 2.76. The highest BCUT2D eigenvalue weighted by Crippen LogP contribution is 2.29. The summed E-state index contributed by atoms with van der Waals surface area (Å²) in [5, 5.41) is 27.9. The number of hydrogen-bond donors (Lipinski definition) is 2. The minimum atomic E-state index is -0.188. The van der Waals surface area contributed by atoms with Crippen molar-refractivity contribution in [2.75, 3.05) is 4.90 Å². The van der Waals surface area contributed by atoms with Gasteiger partial charge in [0.15, 0.2) is 6.19 Å². The summed E-state index contributed by atoms with van der Waals surface area (Å²) in [4.78, 5) is 5.17. The van der Waals surface area contributed by atoms with Gasteiger partial charge in [-0.3, -0.25) is 0 Å². The van der Waals surface area contributed by atoms with E-state index in [1.165, 1.54) is 18.2 Å². The van der Waals surface area contributed by atoms with Gasteiger partial charge in [0.25, 0.3) is 0 Å². The van der Waals surface area contributed by atoms with Crippen LogP contribution < -0.4 is 10.6 Å². The molecule has 108 valence electrons. The predicted molar refractivity (Wildman–Crippen MR) is 86.3 cm³/mol. The zero-order chi connectivity index (χ0) is 16.1. The van der Waals surface area contributed by atoms with E-state index < -0.39 is 0 Å². The number of rotatable bonds is 2. The number of nitrogens with zero attached hydrogens (tertiary/aromatic N) is 4. The zero-order valence-corrected chi connectivity index (χ0v) is 12.8. The molecule has 0 aliphatic carbocycles. The minimum Gasteiger partial charge on any atom is -0.506 e. The zero-order valence-electron chi connectivity index (χ0n) is 11.2. The quantitative estimate of drug-likeness (QED) is 0.372. The van der Waals surface area contributed by atoms with Crippen molar-refractivity contribution in [3.05, 3.63) is 52.5 Å². The Balaban J connectivity index is 2.41. The lowest BCUT2D eigenvalue weighted by Crippen LogP contribution is -2.33. The van der Waals surface area contributed by atoms with Crippen molar-refractivity contribution in [2.24, 2.45) is 10.7 Å². The molecule has 0 saturated carbocycles. The van der Waals surface area contributed by atoms with Gasteiger partial charge in [-0.15, -0.1) is 0 Å². The molecule has 2 aromatic carbocycles. The predicted octanol–water partition coefficient (Wildman–Crippen LogP) is 2.96. The van der Waals surface area contributed by atoms with Crippen LogP contribution in [0.3, 0.4) is 0 Å². The van der Waals surface area contributed by atoms with Crippen molar-refractivity contribution >= 4 is 33.3 Å². The Labute approximate surface area is 135 Å². The largest absolute Gasteiger partial charge is 0.506 e. The first-order chi connectivity index (χ1) is 10.6. The lowest BCUT2D eigenvalue weighted by atomic mass is 10.2. The van der Waals surface area contributed by atoms with Crippen LogP contribution in [-0.2, 0) is 0 Å². The van der Waals surface area contributed by atoms with E-state index in [1.54, 1.807) is 18.2 Å². The fraction of sp³-hybridized carbons (Fsp3) is 0. The standard InChI is InChI=1S/C15H10BrN5O/c16-11-3-1-2-4-13(11)21(9-18)15(19)20-12-6-5-10(8-17)7-14(12)22/h1-7,22H,(H2,19,20). The fourth-order valence-corrected chi connectivity index (χ4v) is 2.18. The average molecular weight is 356 g/mol. The summed E-state index contributed by atoms with van der Waals surface area (Å²) in [5.74, 6) is -0.290. The molecule has 0 radical (unpaired) electrons. The van der Waals surface area contributed by atoms with Crippen LogP contribution in [0.15, 0.2) is 51.9 Å². The molecule has 0 saturated heterocycles. The molecule has 2 aromatic rings. The maximum absolute atomic E-state index is 9.83. The van der Waals surface area contributed by atoms with Crippen LogP contribution in [0.1, 0.15) is 5.56 Å². The Morgan fingerprint density at radius 3 is 2.55 bits per heavy atom. The normalized spacial score (nSPS) is 10.6. The van der Waals surface area contributed by atoms with Gasteiger partial charge < -0.3 is 10.8 Å². The van der Waals surface area contributed by atoms with E-state index in [2.05, 4.69) is 20.9 Å². The molecular weight excluding hydrogens is 346 g/mol. The number of nitriles is 2. The van der Waals surface area contributed by atoms with E-state index in [-0.39, 0.29) is 17.4 Å². The van der Waals surface area contributed by atoms with Gasteiger partial charge in [-0.2, -0.15) is 10.5 Å². The molecule has 0 spiro atoms. The van der Waals surface area contributed by atoms with Crippen LogP contribution in [0.2, 0.25) is 0 Å². The number of guanidine groups is 1. The van der Waals surface area contributed by atoms with Crippen molar-refractivity contribution < 1.29 is 5.11 Å². The highest BCUT2D eigenvalue weighted by atomic mass is 79.9. The van der Waals surface area contributed by atoms with Crippen molar-refractivity contribution in [1.82, 2.24) is 0 Å². The molecule has 22 heavy (non-hydrogen) atoms. The van der Waals surface area contributed by atoms with Crippen LogP contribution in [0.25, 0.3) is 0 Å². The monoisotopic (exact) mass is 355 g/mol. The van der Waals surface area contributed by atoms with Crippen molar-refractivity contribution in [2.45, 2.75) is 0 Å². The van der Waals surface area contributed by atoms with Gasteiger partial charge in [-0.1, -0.05) is 12.1 Å². The number of para-hydroxylation sites is 1. The van der Waals surface area contributed by atoms with Crippen LogP contribution in [0.4, 0.5) is 11.4 Å². The smallest absolute Gasteiger partial charge is 0.214 e. The second-order valence-electron chi connectivity index (χ2n) is 4.17. The van der Waals surface area contributed by atoms with Gasteiger partial charge in [0, 0.05) is 4.47 Å². The summed E-state index contributed by atoms with van der Waals surface area (Å²) < 4.78 is 0.679. The van der Waals surface area contributed by atoms with E-state index in [9.17, 15) is 10.4 Å². The molecule has 0 aromatic heterocycles. The molecule has 0 aliphatic heterocycles. The lowest BCUT2D eigenvalue weighted by Gasteiger charge is -2.16. The summed E-state index contributed by atoms with van der Waals surface area (Å²) in [6, 6.07) is 13.2. The number of benzene rings is 2. The summed E-state index contributed by atoms with van der Waals surface area (Å²) in [6.45, 7) is 0. The Hall–Kier alpha value is -3.03. The molecule has 0 atom stereocenters. The number of hydrogen-bond acceptors (Lipinski definition) is 4. The summed E-state index contributed by atoms with van der Waals surface area (Å²) in [5.41, 5.74) is 6.86. The molecular formula is C15H10BrN5O. The summed E-state index contributed by atoms with van der Waals surface area (Å²) in [7, 11) is 0. The molecule has 0 bridgehead atoms. The Kier molecular flexibility index (Phi) is 4.62. The minimum absolute atomic E-state index is 0.102. The SMILES string of the molecule is N#Cc1ccc(N=C(N)N(C#N)c2ccccc2Br)c(O)c1. The molecule has 0 amide bonds. The Bertz CT molecular complexity index is 819. The number of nitrogens with two attached hydrogens (primary N) is 1. The number of aliphatic imine (C=N–C) groups is 1. The number of aromatic hydroxyl groups is 1. The first-order valence-electron chi connectivity index (χ1n) is 6.08. The summed E-state index contributed by atoms with van der Waals surface area (Å²) >= 11 is 3.34. The third-order valence-corrected chi connectivity index (χ3v) is 3.43. The van der Waals surface area contributed by atoms with E-state index in [1.807, 2.05) is 18.3 Å².